The molecule has 0 spiro atoms. The number of imidazole rings is 5. The molecule has 0 radical (unpaired) electrons. The van der Waals surface area contributed by atoms with Crippen molar-refractivity contribution in [1.82, 2.24) is 97.2 Å². The van der Waals surface area contributed by atoms with Gasteiger partial charge in [-0.1, -0.05) is 12.2 Å². The number of alkyl halides is 2. The molecule has 69 heteroatoms. The van der Waals surface area contributed by atoms with Crippen LogP contribution in [0.25, 0.3) is 66.9 Å². The van der Waals surface area contributed by atoms with E-state index in [1.165, 1.54) is 51.4 Å². The summed E-state index contributed by atoms with van der Waals surface area (Å²) in [7, 11) is 0. The van der Waals surface area contributed by atoms with E-state index in [-0.39, 0.29) is 90.6 Å². The Morgan fingerprint density at radius 1 is 0.407 bits per heavy atom. The maximum atomic E-state index is 16.0. The molecule has 23 heterocycles. The van der Waals surface area contributed by atoms with E-state index >= 15 is 8.78 Å². The average Bonchev–Trinajstić information content (AvgIpc) is 1.56. The van der Waals surface area contributed by atoms with Gasteiger partial charge in [-0.15, -0.1) is 0 Å². The topological polar surface area (TPSA) is 729 Å². The number of aromatic nitrogens is 20. The quantitative estimate of drug-likeness (QED) is 0.0833. The van der Waals surface area contributed by atoms with Gasteiger partial charge in [0.25, 0.3) is 16.7 Å². The number of nitrogens with zero attached hydrogens (tertiary/aromatic N) is 17. The fourth-order valence-electron chi connectivity index (χ4n) is 17.5. The van der Waals surface area contributed by atoms with Gasteiger partial charge in [0.05, 0.1) is 108 Å². The number of hydrogen-bond donors (Lipinski definition) is 15. The van der Waals surface area contributed by atoms with E-state index in [1.807, 2.05) is 6.07 Å². The predicted octanol–water partition coefficient (Wildman–Crippen LogP) is 1.74. The van der Waals surface area contributed by atoms with Crippen molar-refractivity contribution < 1.29 is 130 Å². The maximum absolute atomic E-state index is 16.0. The van der Waals surface area contributed by atoms with Gasteiger partial charge >= 0.3 is 40.4 Å². The average molecular weight is 2110 g/mol. The van der Waals surface area contributed by atoms with Crippen LogP contribution in [0.4, 0.5) is 43.7 Å². The second kappa shape index (κ2) is 35.0. The molecule has 10 bridgehead atoms. The first kappa shape index (κ1) is 93.8. The van der Waals surface area contributed by atoms with Crippen LogP contribution in [0.5, 0.6) is 0 Å². The van der Waals surface area contributed by atoms with Crippen LogP contribution < -0.4 is 51.1 Å². The number of rotatable bonds is 6. The third-order valence-electron chi connectivity index (χ3n) is 23.6. The summed E-state index contributed by atoms with van der Waals surface area (Å²) in [4.78, 5) is 146. The maximum Gasteiger partial charge on any atom is 0.386 e. The van der Waals surface area contributed by atoms with Crippen LogP contribution in [-0.2, 0) is 156 Å². The lowest BCUT2D eigenvalue weighted by Crippen LogP contribution is -2.45. The summed E-state index contributed by atoms with van der Waals surface area (Å²) < 4.78 is 172. The first-order chi connectivity index (χ1) is 64.2. The molecule has 11 aliphatic rings. The highest BCUT2D eigenvalue weighted by Gasteiger charge is 2.68. The molecule has 0 amide bonds. The van der Waals surface area contributed by atoms with Gasteiger partial charge in [0.2, 0.25) is 17.8 Å². The van der Waals surface area contributed by atoms with E-state index in [0.717, 1.165) is 11.7 Å². The molecule has 6 unspecified atom stereocenters. The standard InChI is InChI=1S/2C22H24FN9O10P2S2.C22H26N8O9P2S2/c2*23-10-9-3-37-43(34,45)42-15-14-20(31-6-27-11-8(24)1-2-26-16(11)31)40-22(15,4-36-14)5-38-44(35,46)41-13(10)19(39-9)32-7-28-12-17(32)29-21(25)30-18(12)33;23-12-1-3-25-18-11(12)2-4-29(18)16-6-13-15(37-16)8-35-41(33,43)39-14-5-10(7-34-40(32,42)38-13)36-21(14)30-9-26-17-19(30)27-22(24)28-20(17)31/h2*1-2,6-7,9-10,13-15,19-20H,3-5H2,(H2,24,26)(H,34,45)(H,35,46)(H3,25,29,30,33);1-4,9-10,13-16,21H,5-8H2,(H2,23,25)(H,32,42)(H,33,43)(H3,24,27,28,31)/t2*9-,10+,13-,14-,15+,19-,20-,22-,43?,44?;10-,13-,14+,15+,16+,21+,40?,41?/m110/s1. The fraction of sp³-hybridized carbons (Fsp3) is 0.485. The van der Waals surface area contributed by atoms with Gasteiger partial charge < -0.3 is 133 Å². The molecule has 11 aliphatic heterocycles. The molecule has 55 nitrogen and oxygen atoms in total. The van der Waals surface area contributed by atoms with Crippen molar-refractivity contribution in [3.05, 3.63) is 112 Å². The van der Waals surface area contributed by atoms with Crippen LogP contribution in [0.2, 0.25) is 0 Å². The Morgan fingerprint density at radius 3 is 1.31 bits per heavy atom. The lowest BCUT2D eigenvalue weighted by atomic mass is 10.0. The number of thiol groups is 1. The zero-order valence-corrected chi connectivity index (χ0v) is 78.5. The summed E-state index contributed by atoms with van der Waals surface area (Å²) in [5, 5.41) is 0.749. The molecule has 11 fully saturated rings. The highest BCUT2D eigenvalue weighted by atomic mass is 32.7. The number of H-pyrrole nitrogens is 3. The number of hydrogen-bond acceptors (Lipinski definition) is 46. The molecule has 12 aromatic rings. The molecule has 0 aromatic carbocycles. The number of aromatic amines is 3. The Labute approximate surface area is 781 Å². The van der Waals surface area contributed by atoms with Gasteiger partial charge in [0, 0.05) is 48.7 Å². The molecule has 722 valence electrons. The van der Waals surface area contributed by atoms with E-state index in [1.54, 1.807) is 44.3 Å². The number of pyridine rings is 3. The minimum atomic E-state index is -4.30. The first-order valence-electron chi connectivity index (χ1n) is 40.1. The van der Waals surface area contributed by atoms with Gasteiger partial charge in [-0.2, -0.15) is 15.0 Å². The van der Waals surface area contributed by atoms with Crippen molar-refractivity contribution in [2.75, 3.05) is 87.3 Å². The Bertz CT molecular complexity index is 6980. The van der Waals surface area contributed by atoms with E-state index in [0.29, 0.717) is 45.0 Å². The molecule has 11 saturated heterocycles. The van der Waals surface area contributed by atoms with Gasteiger partial charge in [-0.3, -0.25) is 74.8 Å². The van der Waals surface area contributed by atoms with Crippen LogP contribution in [-0.4, -0.2) is 271 Å². The van der Waals surface area contributed by atoms with Crippen LogP contribution in [0.3, 0.4) is 0 Å². The summed E-state index contributed by atoms with van der Waals surface area (Å²) in [6.07, 6.45) is -10.3. The smallest absolute Gasteiger partial charge is 0.386 e. The predicted molar refractivity (Wildman–Crippen MR) is 480 cm³/mol. The number of ether oxygens (including phenoxy) is 8. The normalized spacial score (nSPS) is 38.3. The Hall–Kier alpha value is -7.53. The van der Waals surface area contributed by atoms with E-state index in [2.05, 4.69) is 82.0 Å². The first-order valence-corrected chi connectivity index (χ1v) is 55.8. The van der Waals surface area contributed by atoms with E-state index < -0.39 is 218 Å². The number of anilines is 6. The zero-order chi connectivity index (χ0) is 94.4. The van der Waals surface area contributed by atoms with Gasteiger partial charge in [-0.25, -0.2) is 53.2 Å². The monoisotopic (exact) mass is 2110 g/mol. The Balaban J connectivity index is 0.000000121. The summed E-state index contributed by atoms with van der Waals surface area (Å²) in [5.74, 6) is -0.589. The molecular weight excluding hydrogens is 2040 g/mol. The minimum Gasteiger partial charge on any atom is -0.398 e. The van der Waals surface area contributed by atoms with Crippen LogP contribution >= 0.6 is 52.6 Å². The molecule has 0 aliphatic carbocycles. The van der Waals surface area contributed by atoms with Gasteiger partial charge in [0.15, 0.2) is 88.3 Å². The van der Waals surface area contributed by atoms with Crippen molar-refractivity contribution in [2.45, 2.75) is 147 Å². The lowest BCUT2D eigenvalue weighted by Gasteiger charge is -2.33. The molecule has 12 aromatic heterocycles. The second-order valence-electron chi connectivity index (χ2n) is 32.1. The van der Waals surface area contributed by atoms with Crippen molar-refractivity contribution in [3.63, 3.8) is 0 Å². The number of nitrogens with one attached hydrogen (secondary N) is 3. The summed E-state index contributed by atoms with van der Waals surface area (Å²) >= 11 is 30.8. The second-order valence-corrected chi connectivity index (χ2v) is 48.9. The Morgan fingerprint density at radius 2 is 0.815 bits per heavy atom. The SMILES string of the molecule is Nc1nc2c(ncn2[C@@H]2O[C@@H]3COP(=O)(S)O[C@H]4[C@H]5OC[C@]4(COP(O)(=S)O[C@@H]2[C@H]3F)O[C@H]5n2cnc3c(N)ccnc32)c(=O)[nH]1.Nc1nc2c(ncn2[C@@H]2O[C@@H]3COP(O)(=S)O[C@H]4C[C@H](n5ccc6c(N)ccnc65)O[C@@H]4COP(O)(=S)O[C@@H]2C3)c(=O)[nH]1.Nc1nc2c(ncn2[C@@H]2O[C@@H]3COP(O)(=S)O[C@H]4[C@H]5OC[C@]4(COP(O)(=S)O[C@@H]2[C@H]3F)O[C@H]5n2cnc3c(N)ccnc32)c(=O)[nH]1. The summed E-state index contributed by atoms with van der Waals surface area (Å²) in [5.41, 5.74) is 33.9. The largest absolute Gasteiger partial charge is 0.398 e. The van der Waals surface area contributed by atoms with E-state index in [4.69, 9.17) is 186 Å². The minimum absolute atomic E-state index is 0.0249. The van der Waals surface area contributed by atoms with Crippen LogP contribution in [0.1, 0.15) is 50.2 Å². The van der Waals surface area contributed by atoms with Crippen molar-refractivity contribution in [2.24, 2.45) is 0 Å². The molecular formula is C66H74F2N26O29P6S6. The van der Waals surface area contributed by atoms with Crippen molar-refractivity contribution in [3.8, 4) is 0 Å². The third kappa shape index (κ3) is 17.5. The van der Waals surface area contributed by atoms with E-state index in [9.17, 15) is 43.4 Å². The third-order valence-corrected chi connectivity index (χ3v) is 33.0. The van der Waals surface area contributed by atoms with Crippen LogP contribution in [0.15, 0.2) is 95.1 Å². The molecule has 28 atom stereocenters. The number of fused-ring (bicyclic) bond motifs is 13. The highest BCUT2D eigenvalue weighted by molar-refractivity contribution is 8.44. The van der Waals surface area contributed by atoms with Crippen molar-refractivity contribution >= 4 is 213 Å². The van der Waals surface area contributed by atoms with Gasteiger partial charge in [0.1, 0.15) is 95.2 Å². The lowest BCUT2D eigenvalue weighted by molar-refractivity contribution is -0.183. The fourth-order valence-corrected chi connectivity index (χ4v) is 26.3. The summed E-state index contributed by atoms with van der Waals surface area (Å²) in [6.45, 7) is -27.7. The molecule has 0 saturated carbocycles. The number of halogens is 2. The van der Waals surface area contributed by atoms with Crippen LogP contribution in [0, 0.1) is 0 Å². The number of nitrogen functional groups attached to an aromatic ring is 6. The molecule has 20 N–H and O–H groups in total. The summed E-state index contributed by atoms with van der Waals surface area (Å²) in [6, 6.07) is 6.71. The molecule has 23 rings (SSSR count). The Kier molecular flexibility index (Phi) is 24.3. The highest BCUT2D eigenvalue weighted by Crippen LogP contribution is 2.64. The molecule has 135 heavy (non-hydrogen) atoms. The van der Waals surface area contributed by atoms with Crippen molar-refractivity contribution in [1.29, 1.82) is 0 Å². The zero-order valence-electron chi connectivity index (χ0n) is 68.2. The number of nitrogens with two attached hydrogens (primary N) is 6. The van der Waals surface area contributed by atoms with Gasteiger partial charge in [-0.05, 0) is 83.3 Å².